The number of ether oxygens (including phenoxy) is 2. The molecule has 10 heteroatoms. The number of nitrogens with one attached hydrogen (secondary N) is 1. The van der Waals surface area contributed by atoms with Gasteiger partial charge in [0.1, 0.15) is 29.2 Å². The predicted molar refractivity (Wildman–Crippen MR) is 134 cm³/mol. The number of rotatable bonds is 9. The summed E-state index contributed by atoms with van der Waals surface area (Å²) >= 11 is 0. The summed E-state index contributed by atoms with van der Waals surface area (Å²) in [6.07, 6.45) is -0.0375. The van der Waals surface area contributed by atoms with Crippen molar-refractivity contribution in [2.75, 3.05) is 27.4 Å². The van der Waals surface area contributed by atoms with Crippen LogP contribution in [-0.2, 0) is 39.0 Å². The molecule has 1 aliphatic heterocycles. The average Bonchev–Trinajstić information content (AvgIpc) is 3.26. The van der Waals surface area contributed by atoms with Gasteiger partial charge in [0, 0.05) is 37.1 Å². The lowest BCUT2D eigenvalue weighted by molar-refractivity contribution is -0.140. The molecule has 1 amide bonds. The number of aromatic amines is 1. The van der Waals surface area contributed by atoms with E-state index in [4.69, 9.17) is 14.0 Å². The highest BCUT2D eigenvalue weighted by molar-refractivity contribution is 5.92. The molecule has 2 aromatic carbocycles. The molecule has 1 atom stereocenters. The quantitative estimate of drug-likeness (QED) is 0.455. The number of hydrogen-bond acceptors (Lipinski definition) is 6. The number of carbonyl (C=O) groups excluding carboxylic acids is 2. The van der Waals surface area contributed by atoms with Crippen molar-refractivity contribution in [3.63, 3.8) is 0 Å². The van der Waals surface area contributed by atoms with Gasteiger partial charge in [-0.3, -0.25) is 14.4 Å². The topological polar surface area (TPSA) is 102 Å². The minimum absolute atomic E-state index is 0.111. The van der Waals surface area contributed by atoms with E-state index in [1.807, 2.05) is 6.07 Å². The molecule has 0 radical (unpaired) electrons. The van der Waals surface area contributed by atoms with E-state index in [1.165, 1.54) is 25.2 Å². The molecule has 202 valence electrons. The van der Waals surface area contributed by atoms with Crippen LogP contribution in [0, 0.1) is 11.6 Å². The molecule has 38 heavy (non-hydrogen) atoms. The number of halogens is 2. The smallest absolute Gasteiger partial charge is 0.280 e. The monoisotopic (exact) mass is 528 g/mol. The van der Waals surface area contributed by atoms with E-state index in [-0.39, 0.29) is 42.9 Å². The number of fused-ring (bicyclic) bond motifs is 1. The van der Waals surface area contributed by atoms with Crippen molar-refractivity contribution in [1.29, 1.82) is 0 Å². The van der Waals surface area contributed by atoms with Crippen LogP contribution in [0.2, 0.25) is 0 Å². The van der Waals surface area contributed by atoms with Crippen LogP contribution in [-0.4, -0.2) is 49.1 Å². The van der Waals surface area contributed by atoms with Gasteiger partial charge in [0.05, 0.1) is 20.1 Å². The molecule has 0 aliphatic carbocycles. The van der Waals surface area contributed by atoms with Crippen molar-refractivity contribution in [2.45, 2.75) is 44.6 Å². The minimum atomic E-state index is -0.987. The highest BCUT2D eigenvalue weighted by Crippen LogP contribution is 2.35. The van der Waals surface area contributed by atoms with Crippen LogP contribution in [0.4, 0.5) is 8.78 Å². The van der Waals surface area contributed by atoms with Gasteiger partial charge in [-0.15, -0.1) is 0 Å². The number of ketones is 1. The lowest BCUT2D eigenvalue weighted by Crippen LogP contribution is -2.44. The zero-order chi connectivity index (χ0) is 27.6. The molecule has 1 aromatic heterocycles. The second-order valence-corrected chi connectivity index (χ2v) is 10.1. The molecule has 2 heterocycles. The molecule has 0 bridgehead atoms. The molecule has 1 N–H and O–H groups in total. The summed E-state index contributed by atoms with van der Waals surface area (Å²) in [7, 11) is 2.99. The number of amides is 1. The predicted octanol–water partition coefficient (Wildman–Crippen LogP) is 3.66. The van der Waals surface area contributed by atoms with Gasteiger partial charge >= 0.3 is 0 Å². The van der Waals surface area contributed by atoms with E-state index in [0.717, 1.165) is 17.7 Å². The second-order valence-electron chi connectivity index (χ2n) is 10.1. The van der Waals surface area contributed by atoms with Gasteiger partial charge in [0.25, 0.3) is 5.56 Å². The number of aromatic nitrogens is 1. The second kappa shape index (κ2) is 10.9. The molecular weight excluding hydrogens is 498 g/mol. The number of benzene rings is 2. The maximum Gasteiger partial charge on any atom is 0.280 e. The zero-order valence-corrected chi connectivity index (χ0v) is 21.7. The van der Waals surface area contributed by atoms with Crippen LogP contribution >= 0.6 is 0 Å². The van der Waals surface area contributed by atoms with E-state index >= 15 is 8.78 Å². The standard InChI is InChI=1S/C28H30F2N2O6/c1-28(2,15-36-3)26-21(29)9-16(10-22(26)30)11-23(33)27-20-6-5-18(37-4)12-17(20)7-8-32(27)25(35)14-19-13-24(34)31-38-19/h5-6,9-10,12-13,27H,7-8,11,14-15H2,1-4H3,(H,31,34)/t27-/m1/s1. The molecule has 8 nitrogen and oxygen atoms in total. The SMILES string of the molecule is COCC(C)(C)c1c(F)cc(CC(=O)[C@H]2c3ccc(OC)cc3CCN2C(=O)Cc2cc(=O)[nH]o2)cc1F. The Labute approximate surface area is 218 Å². The Morgan fingerprint density at radius 3 is 2.42 bits per heavy atom. The molecule has 0 fully saturated rings. The third-order valence-electron chi connectivity index (χ3n) is 6.77. The van der Waals surface area contributed by atoms with Crippen LogP contribution in [0.3, 0.4) is 0 Å². The number of nitrogens with zero attached hydrogens (tertiary/aromatic N) is 1. The molecule has 0 unspecified atom stereocenters. The fourth-order valence-corrected chi connectivity index (χ4v) is 5.11. The highest BCUT2D eigenvalue weighted by atomic mass is 19.1. The number of carbonyl (C=O) groups is 2. The Morgan fingerprint density at radius 1 is 1.11 bits per heavy atom. The number of hydrogen-bond donors (Lipinski definition) is 1. The number of Topliss-reactive ketones (excluding diaryl/α,β-unsaturated/α-hetero) is 1. The first-order chi connectivity index (χ1) is 18.0. The summed E-state index contributed by atoms with van der Waals surface area (Å²) in [5.74, 6) is -1.59. The van der Waals surface area contributed by atoms with Crippen LogP contribution in [0.15, 0.2) is 45.7 Å². The van der Waals surface area contributed by atoms with Gasteiger partial charge in [0.15, 0.2) is 5.78 Å². The molecular formula is C28H30F2N2O6. The lowest BCUT2D eigenvalue weighted by atomic mass is 9.83. The molecule has 3 aromatic rings. The van der Waals surface area contributed by atoms with Crippen molar-refractivity contribution in [3.05, 3.63) is 86.4 Å². The number of methoxy groups -OCH3 is 2. The fourth-order valence-electron chi connectivity index (χ4n) is 5.11. The van der Waals surface area contributed by atoms with E-state index in [2.05, 4.69) is 5.16 Å². The van der Waals surface area contributed by atoms with Gasteiger partial charge in [-0.05, 0) is 47.4 Å². The minimum Gasteiger partial charge on any atom is -0.497 e. The summed E-state index contributed by atoms with van der Waals surface area (Å²) in [6.45, 7) is 3.69. The van der Waals surface area contributed by atoms with E-state index in [0.29, 0.717) is 17.7 Å². The highest BCUT2D eigenvalue weighted by Gasteiger charge is 2.37. The number of H-pyrrole nitrogens is 1. The third kappa shape index (κ3) is 5.55. The summed E-state index contributed by atoms with van der Waals surface area (Å²) in [4.78, 5) is 39.8. The van der Waals surface area contributed by atoms with Gasteiger partial charge in [-0.1, -0.05) is 19.9 Å². The summed E-state index contributed by atoms with van der Waals surface area (Å²) in [5.41, 5.74) is 0.113. The first-order valence-corrected chi connectivity index (χ1v) is 12.2. The van der Waals surface area contributed by atoms with Crippen molar-refractivity contribution in [3.8, 4) is 5.75 Å². The molecule has 0 spiro atoms. The Kier molecular flexibility index (Phi) is 7.82. The van der Waals surface area contributed by atoms with Crippen LogP contribution < -0.4 is 10.3 Å². The third-order valence-corrected chi connectivity index (χ3v) is 6.77. The van der Waals surface area contributed by atoms with Gasteiger partial charge in [0.2, 0.25) is 5.91 Å². The Bertz CT molecular complexity index is 1390. The molecule has 1 aliphatic rings. The normalized spacial score (nSPS) is 15.3. The van der Waals surface area contributed by atoms with Crippen molar-refractivity contribution in [1.82, 2.24) is 10.1 Å². The van der Waals surface area contributed by atoms with Crippen molar-refractivity contribution >= 4 is 11.7 Å². The molecule has 0 saturated carbocycles. The Morgan fingerprint density at radius 2 is 1.82 bits per heavy atom. The average molecular weight is 529 g/mol. The summed E-state index contributed by atoms with van der Waals surface area (Å²) in [6, 6.07) is 7.75. The van der Waals surface area contributed by atoms with E-state index in [9.17, 15) is 14.4 Å². The first kappa shape index (κ1) is 27.3. The first-order valence-electron chi connectivity index (χ1n) is 12.2. The molecule has 0 saturated heterocycles. The van der Waals surface area contributed by atoms with Crippen LogP contribution in [0.5, 0.6) is 5.75 Å². The fraction of sp³-hybridized carbons (Fsp3) is 0.393. The maximum absolute atomic E-state index is 15.1. The van der Waals surface area contributed by atoms with Crippen LogP contribution in [0.25, 0.3) is 0 Å². The largest absolute Gasteiger partial charge is 0.497 e. The van der Waals surface area contributed by atoms with Gasteiger partial charge in [-0.25, -0.2) is 8.78 Å². The Balaban J connectivity index is 1.66. The van der Waals surface area contributed by atoms with Gasteiger partial charge in [-0.2, -0.15) is 5.16 Å². The Hall–Kier alpha value is -3.79. The van der Waals surface area contributed by atoms with Crippen molar-refractivity contribution < 1.29 is 32.4 Å². The van der Waals surface area contributed by atoms with Crippen LogP contribution in [0.1, 0.15) is 47.9 Å². The van der Waals surface area contributed by atoms with Gasteiger partial charge < -0.3 is 18.9 Å². The summed E-state index contributed by atoms with van der Waals surface area (Å²) in [5, 5.41) is 2.14. The molecule has 4 rings (SSSR count). The lowest BCUT2D eigenvalue weighted by Gasteiger charge is -2.36. The maximum atomic E-state index is 15.1. The summed E-state index contributed by atoms with van der Waals surface area (Å²) < 4.78 is 45.6. The van der Waals surface area contributed by atoms with Crippen molar-refractivity contribution in [2.24, 2.45) is 0 Å². The van der Waals surface area contributed by atoms with E-state index in [1.54, 1.807) is 26.0 Å². The van der Waals surface area contributed by atoms with E-state index < -0.39 is 40.3 Å². The zero-order valence-electron chi connectivity index (χ0n) is 21.7.